The normalized spacial score (nSPS) is 11.0. The van der Waals surface area contributed by atoms with Crippen LogP contribution in [0.15, 0.2) is 0 Å². The van der Waals surface area contributed by atoms with Gasteiger partial charge < -0.3 is 21.5 Å². The number of carbonyl (C=O) groups excluding carboxylic acids is 1. The molecule has 5 N–H and O–H groups in total. The van der Waals surface area contributed by atoms with Gasteiger partial charge >= 0.3 is 0 Å². The van der Waals surface area contributed by atoms with Crippen LogP contribution in [0.1, 0.15) is 83.5 Å². The van der Waals surface area contributed by atoms with Gasteiger partial charge in [-0.3, -0.25) is 4.79 Å². The lowest BCUT2D eigenvalue weighted by atomic mass is 10.1. The lowest BCUT2D eigenvalue weighted by Crippen LogP contribution is -2.34. The Balaban J connectivity index is 3.63. The third kappa shape index (κ3) is 14.9. The van der Waals surface area contributed by atoms with E-state index in [1.807, 2.05) is 4.90 Å². The zero-order chi connectivity index (χ0) is 17.9. The molecule has 0 heterocycles. The molecule has 0 radical (unpaired) electrons. The summed E-state index contributed by atoms with van der Waals surface area (Å²) >= 11 is 0. The van der Waals surface area contributed by atoms with Crippen molar-refractivity contribution in [3.05, 3.63) is 0 Å². The minimum absolute atomic E-state index is 0.282. The number of aliphatic hydroxyl groups is 1. The van der Waals surface area contributed by atoms with Crippen LogP contribution in [0, 0.1) is 0 Å². The predicted octanol–water partition coefficient (Wildman–Crippen LogP) is 2.80. The quantitative estimate of drug-likeness (QED) is 0.334. The summed E-state index contributed by atoms with van der Waals surface area (Å²) in [6, 6.07) is 0. The Morgan fingerprint density at radius 2 is 1.17 bits per heavy atom. The molecular weight excluding hydrogens is 302 g/mol. The molecule has 5 heteroatoms. The average Bonchev–Trinajstić information content (AvgIpc) is 2.59. The molecule has 0 aromatic heterocycles. The number of hydrogen-bond acceptors (Lipinski definition) is 4. The molecule has 0 bridgehead atoms. The fraction of sp³-hybridized carbons (Fsp3) is 0.947. The van der Waals surface area contributed by atoms with Crippen LogP contribution in [-0.2, 0) is 4.79 Å². The highest BCUT2D eigenvalue weighted by molar-refractivity contribution is 5.76. The highest BCUT2D eigenvalue weighted by atomic mass is 16.2. The third-order valence-corrected chi connectivity index (χ3v) is 4.42. The van der Waals surface area contributed by atoms with Crippen LogP contribution in [0.5, 0.6) is 0 Å². The van der Waals surface area contributed by atoms with Crippen LogP contribution in [0.3, 0.4) is 0 Å². The predicted molar refractivity (Wildman–Crippen MR) is 102 cm³/mol. The van der Waals surface area contributed by atoms with Gasteiger partial charge in [0.2, 0.25) is 5.91 Å². The van der Waals surface area contributed by atoms with E-state index in [4.69, 9.17) is 16.6 Å². The lowest BCUT2D eigenvalue weighted by Gasteiger charge is -2.22. The van der Waals surface area contributed by atoms with Gasteiger partial charge in [0.15, 0.2) is 0 Å². The molecule has 0 aliphatic heterocycles. The van der Waals surface area contributed by atoms with E-state index in [1.165, 1.54) is 32.1 Å². The van der Waals surface area contributed by atoms with E-state index in [2.05, 4.69) is 0 Å². The Labute approximate surface area is 149 Å². The Kier molecular flexibility index (Phi) is 18.2. The number of nitrogens with two attached hydrogens (primary N) is 2. The molecule has 0 unspecified atom stereocenters. The number of unbranched alkanes of at least 4 members (excludes halogenated alkanes) is 9. The van der Waals surface area contributed by atoms with Crippen LogP contribution in [0.4, 0.5) is 0 Å². The highest BCUT2D eigenvalue weighted by Crippen LogP contribution is 2.11. The number of amides is 1. The van der Waals surface area contributed by atoms with Crippen molar-refractivity contribution in [2.75, 3.05) is 32.8 Å². The lowest BCUT2D eigenvalue weighted by molar-refractivity contribution is -0.131. The van der Waals surface area contributed by atoms with E-state index < -0.39 is 0 Å². The molecule has 0 aliphatic carbocycles. The smallest absolute Gasteiger partial charge is 0.222 e. The maximum Gasteiger partial charge on any atom is 0.222 e. The monoisotopic (exact) mass is 343 g/mol. The molecular formula is C19H41N3O2. The maximum absolute atomic E-state index is 12.3. The summed E-state index contributed by atoms with van der Waals surface area (Å²) in [7, 11) is 0. The minimum atomic E-state index is 0.282. The van der Waals surface area contributed by atoms with Crippen LogP contribution in [0.2, 0.25) is 0 Å². The molecule has 0 atom stereocenters. The first-order valence-electron chi connectivity index (χ1n) is 10.0. The molecule has 0 aliphatic rings. The molecule has 144 valence electrons. The second-order valence-corrected chi connectivity index (χ2v) is 6.67. The van der Waals surface area contributed by atoms with Crippen molar-refractivity contribution >= 4 is 5.91 Å². The van der Waals surface area contributed by atoms with Crippen LogP contribution in [-0.4, -0.2) is 48.7 Å². The topological polar surface area (TPSA) is 92.6 Å². The summed E-state index contributed by atoms with van der Waals surface area (Å²) in [6.07, 6.45) is 14.0. The first-order chi connectivity index (χ1) is 11.8. The zero-order valence-corrected chi connectivity index (χ0v) is 15.7. The second-order valence-electron chi connectivity index (χ2n) is 6.67. The average molecular weight is 344 g/mol. The van der Waals surface area contributed by atoms with E-state index in [-0.39, 0.29) is 5.91 Å². The van der Waals surface area contributed by atoms with Crippen molar-refractivity contribution < 1.29 is 9.90 Å². The Bertz CT molecular complexity index is 275. The number of carbonyl (C=O) groups is 1. The molecule has 0 aromatic carbocycles. The minimum Gasteiger partial charge on any atom is -0.396 e. The molecule has 5 nitrogen and oxygen atoms in total. The molecule has 0 spiro atoms. The Hall–Kier alpha value is -0.650. The molecule has 24 heavy (non-hydrogen) atoms. The van der Waals surface area contributed by atoms with Crippen LogP contribution < -0.4 is 11.5 Å². The van der Waals surface area contributed by atoms with Gasteiger partial charge in [0.1, 0.15) is 0 Å². The van der Waals surface area contributed by atoms with Gasteiger partial charge in [-0.05, 0) is 45.2 Å². The summed E-state index contributed by atoms with van der Waals surface area (Å²) in [6.45, 7) is 3.26. The first kappa shape index (κ1) is 23.4. The third-order valence-electron chi connectivity index (χ3n) is 4.42. The van der Waals surface area contributed by atoms with Gasteiger partial charge in [-0.2, -0.15) is 0 Å². The summed E-state index contributed by atoms with van der Waals surface area (Å²) < 4.78 is 0. The number of hydrogen-bond donors (Lipinski definition) is 3. The Morgan fingerprint density at radius 1 is 0.667 bits per heavy atom. The number of rotatable bonds is 18. The summed E-state index contributed by atoms with van der Waals surface area (Å²) in [5.41, 5.74) is 11.1. The summed E-state index contributed by atoms with van der Waals surface area (Å²) in [5.74, 6) is 0.282. The van der Waals surface area contributed by atoms with Crippen LogP contribution >= 0.6 is 0 Å². The number of aliphatic hydroxyl groups excluding tert-OH is 1. The number of nitrogens with zero attached hydrogens (tertiary/aromatic N) is 1. The highest BCUT2D eigenvalue weighted by Gasteiger charge is 2.11. The van der Waals surface area contributed by atoms with Gasteiger partial charge in [-0.1, -0.05) is 44.9 Å². The van der Waals surface area contributed by atoms with Gasteiger partial charge in [0, 0.05) is 26.1 Å². The van der Waals surface area contributed by atoms with Crippen molar-refractivity contribution in [2.45, 2.75) is 83.5 Å². The molecule has 0 aromatic rings. The standard InChI is InChI=1S/C19H41N3O2/c20-14-9-10-16-22(17-12-15-21)19(24)13-8-6-4-2-1-3-5-7-11-18-23/h23H,1-18,20-21H2. The van der Waals surface area contributed by atoms with Crippen LogP contribution in [0.25, 0.3) is 0 Å². The largest absolute Gasteiger partial charge is 0.396 e. The maximum atomic E-state index is 12.3. The molecule has 1 amide bonds. The van der Waals surface area contributed by atoms with Gasteiger partial charge in [0.05, 0.1) is 0 Å². The molecule has 0 saturated heterocycles. The molecule has 0 rings (SSSR count). The fourth-order valence-electron chi connectivity index (χ4n) is 2.87. The van der Waals surface area contributed by atoms with Crippen molar-refractivity contribution in [2.24, 2.45) is 11.5 Å². The van der Waals surface area contributed by atoms with E-state index >= 15 is 0 Å². The second kappa shape index (κ2) is 18.7. The van der Waals surface area contributed by atoms with E-state index in [1.54, 1.807) is 0 Å². The Morgan fingerprint density at radius 3 is 1.71 bits per heavy atom. The first-order valence-corrected chi connectivity index (χ1v) is 10.0. The van der Waals surface area contributed by atoms with Crippen molar-refractivity contribution in [3.8, 4) is 0 Å². The summed E-state index contributed by atoms with van der Waals surface area (Å²) in [5, 5.41) is 8.72. The van der Waals surface area contributed by atoms with Crippen molar-refractivity contribution in [1.29, 1.82) is 0 Å². The van der Waals surface area contributed by atoms with Crippen molar-refractivity contribution in [1.82, 2.24) is 4.90 Å². The van der Waals surface area contributed by atoms with E-state index in [9.17, 15) is 4.79 Å². The molecule has 0 fully saturated rings. The van der Waals surface area contributed by atoms with Gasteiger partial charge in [-0.25, -0.2) is 0 Å². The van der Waals surface area contributed by atoms with E-state index in [0.29, 0.717) is 26.1 Å². The fourth-order valence-corrected chi connectivity index (χ4v) is 2.87. The van der Waals surface area contributed by atoms with Gasteiger partial charge in [-0.15, -0.1) is 0 Å². The van der Waals surface area contributed by atoms with Gasteiger partial charge in [0.25, 0.3) is 0 Å². The molecule has 0 saturated carbocycles. The zero-order valence-electron chi connectivity index (χ0n) is 15.7. The SMILES string of the molecule is NCCCCN(CCCN)C(=O)CCCCCCCCCCCO. The van der Waals surface area contributed by atoms with Crippen molar-refractivity contribution in [3.63, 3.8) is 0 Å². The summed E-state index contributed by atoms with van der Waals surface area (Å²) in [4.78, 5) is 14.3. The van der Waals surface area contributed by atoms with E-state index in [0.717, 1.165) is 58.0 Å².